The van der Waals surface area contributed by atoms with Gasteiger partial charge in [0, 0.05) is 24.2 Å². The lowest BCUT2D eigenvalue weighted by atomic mass is 10.2. The van der Waals surface area contributed by atoms with Gasteiger partial charge in [-0.2, -0.15) is 21.6 Å². The Morgan fingerprint density at radius 1 is 1.27 bits per heavy atom. The van der Waals surface area contributed by atoms with Gasteiger partial charge >= 0.3 is 0 Å². The number of rotatable bonds is 12. The maximum absolute atomic E-state index is 12.6. The topological polar surface area (TPSA) is 93.1 Å². The summed E-state index contributed by atoms with van der Waals surface area (Å²) < 4.78 is 29.3. The highest BCUT2D eigenvalue weighted by Crippen LogP contribution is 2.07. The summed E-state index contributed by atoms with van der Waals surface area (Å²) in [4.78, 5) is 12.6. The molecule has 0 saturated heterocycles. The number of aromatic nitrogens is 2. The first-order chi connectivity index (χ1) is 14.3. The van der Waals surface area contributed by atoms with Crippen molar-refractivity contribution in [2.24, 2.45) is 0 Å². The Balaban J connectivity index is 1.90. The van der Waals surface area contributed by atoms with Crippen molar-refractivity contribution in [2.45, 2.75) is 39.3 Å². The molecule has 9 heteroatoms. The molecule has 1 heterocycles. The van der Waals surface area contributed by atoms with Gasteiger partial charge < -0.3 is 5.32 Å². The Kier molecular flexibility index (Phi) is 9.61. The highest BCUT2D eigenvalue weighted by Gasteiger charge is 2.22. The summed E-state index contributed by atoms with van der Waals surface area (Å²) >= 11 is 1.57. The number of nitrogens with one attached hydrogen (secondary N) is 2. The normalized spacial score (nSPS) is 12.9. The molecule has 0 aliphatic rings. The first-order valence-corrected chi connectivity index (χ1v) is 12.8. The standard InChI is InChI=1S/C21H30N4O3S2/c1-17-16-18(2)25(23-17)13-7-12-22-21(26)20(10-14-29-3)24-30(27,28)15-11-19-8-5-4-6-9-19/h4-6,8-9,11,15-16,20,24H,7,10,12-14H2,1-3H3,(H,22,26)/b15-11-/t20-/m0/s1. The van der Waals surface area contributed by atoms with Crippen LogP contribution in [0.3, 0.4) is 0 Å². The molecule has 0 spiro atoms. The predicted molar refractivity (Wildman–Crippen MR) is 124 cm³/mol. The fourth-order valence-corrected chi connectivity index (χ4v) is 4.42. The molecule has 0 fully saturated rings. The number of carbonyl (C=O) groups excluding carboxylic acids is 1. The molecule has 2 rings (SSSR count). The molecule has 0 aliphatic carbocycles. The van der Waals surface area contributed by atoms with Crippen LogP contribution in [0.25, 0.3) is 6.08 Å². The average Bonchev–Trinajstić information content (AvgIpc) is 3.04. The van der Waals surface area contributed by atoms with Gasteiger partial charge in [0.05, 0.1) is 5.69 Å². The lowest BCUT2D eigenvalue weighted by Crippen LogP contribution is -2.46. The van der Waals surface area contributed by atoms with E-state index in [2.05, 4.69) is 15.1 Å². The van der Waals surface area contributed by atoms with Crippen molar-refractivity contribution in [3.63, 3.8) is 0 Å². The van der Waals surface area contributed by atoms with Gasteiger partial charge in [-0.1, -0.05) is 30.3 Å². The summed E-state index contributed by atoms with van der Waals surface area (Å²) in [5.41, 5.74) is 2.82. The summed E-state index contributed by atoms with van der Waals surface area (Å²) in [6, 6.07) is 10.4. The first kappa shape index (κ1) is 24.2. The van der Waals surface area contributed by atoms with Crippen LogP contribution in [-0.2, 0) is 21.4 Å². The van der Waals surface area contributed by atoms with Gasteiger partial charge in [-0.25, -0.2) is 8.42 Å². The monoisotopic (exact) mass is 450 g/mol. The Morgan fingerprint density at radius 2 is 2.00 bits per heavy atom. The van der Waals surface area contributed by atoms with Crippen molar-refractivity contribution in [3.8, 4) is 0 Å². The minimum Gasteiger partial charge on any atom is -0.355 e. The van der Waals surface area contributed by atoms with Crippen LogP contribution < -0.4 is 10.0 Å². The van der Waals surface area contributed by atoms with Crippen LogP contribution in [0.2, 0.25) is 0 Å². The van der Waals surface area contributed by atoms with Gasteiger partial charge in [-0.15, -0.1) is 0 Å². The largest absolute Gasteiger partial charge is 0.355 e. The quantitative estimate of drug-likeness (QED) is 0.485. The predicted octanol–water partition coefficient (Wildman–Crippen LogP) is 2.72. The smallest absolute Gasteiger partial charge is 0.238 e. The molecule has 0 unspecified atom stereocenters. The lowest BCUT2D eigenvalue weighted by molar-refractivity contribution is -0.122. The number of thioether (sulfide) groups is 1. The molecule has 2 N–H and O–H groups in total. The van der Waals surface area contributed by atoms with Gasteiger partial charge in [0.2, 0.25) is 15.9 Å². The molecule has 2 aromatic rings. The fourth-order valence-electron chi connectivity index (χ4n) is 2.91. The van der Waals surface area contributed by atoms with E-state index < -0.39 is 16.1 Å². The number of benzene rings is 1. The number of sulfonamides is 1. The van der Waals surface area contributed by atoms with Gasteiger partial charge in [0.1, 0.15) is 6.04 Å². The number of amides is 1. The highest BCUT2D eigenvalue weighted by molar-refractivity contribution is 7.98. The van der Waals surface area contributed by atoms with E-state index in [0.29, 0.717) is 31.7 Å². The minimum atomic E-state index is -3.75. The van der Waals surface area contributed by atoms with Gasteiger partial charge in [-0.05, 0) is 56.4 Å². The summed E-state index contributed by atoms with van der Waals surface area (Å²) in [5, 5.41) is 8.34. The Bertz CT molecular complexity index is 940. The molecule has 7 nitrogen and oxygen atoms in total. The molecular weight excluding hydrogens is 420 g/mol. The third kappa shape index (κ3) is 8.33. The summed E-state index contributed by atoms with van der Waals surface area (Å²) in [6.45, 7) is 5.09. The third-order valence-corrected chi connectivity index (χ3v) is 6.17. The Hall–Kier alpha value is -2.10. The maximum atomic E-state index is 12.6. The van der Waals surface area contributed by atoms with Gasteiger partial charge in [0.25, 0.3) is 0 Å². The van der Waals surface area contributed by atoms with E-state index >= 15 is 0 Å². The number of hydrogen-bond donors (Lipinski definition) is 2. The van der Waals surface area contributed by atoms with Crippen LogP contribution in [0.1, 0.15) is 29.8 Å². The molecule has 1 aromatic carbocycles. The molecule has 30 heavy (non-hydrogen) atoms. The van der Waals surface area contributed by atoms with Crippen molar-refractivity contribution in [2.75, 3.05) is 18.6 Å². The number of nitrogens with zero attached hydrogens (tertiary/aromatic N) is 2. The van der Waals surface area contributed by atoms with Crippen LogP contribution in [0.5, 0.6) is 0 Å². The van der Waals surface area contributed by atoms with E-state index in [0.717, 1.165) is 22.4 Å². The molecule has 0 aliphatic heterocycles. The van der Waals surface area contributed by atoms with Crippen LogP contribution in [-0.4, -0.2) is 48.7 Å². The molecule has 1 amide bonds. The van der Waals surface area contributed by atoms with E-state index in [1.807, 2.05) is 61.2 Å². The molecule has 1 aromatic heterocycles. The average molecular weight is 451 g/mol. The van der Waals surface area contributed by atoms with Gasteiger partial charge in [-0.3, -0.25) is 9.48 Å². The van der Waals surface area contributed by atoms with Crippen LogP contribution in [0, 0.1) is 13.8 Å². The van der Waals surface area contributed by atoms with E-state index in [4.69, 9.17) is 0 Å². The third-order valence-electron chi connectivity index (χ3n) is 4.42. The SMILES string of the molecule is CSCC[C@H](NS(=O)(=O)/C=C\c1ccccc1)C(=O)NCCCn1nc(C)cc1C. The number of carbonyl (C=O) groups is 1. The van der Waals surface area contributed by atoms with E-state index in [1.165, 1.54) is 6.08 Å². The van der Waals surface area contributed by atoms with Crippen LogP contribution in [0.4, 0.5) is 0 Å². The van der Waals surface area contributed by atoms with Crippen molar-refractivity contribution in [3.05, 3.63) is 58.8 Å². The van der Waals surface area contributed by atoms with E-state index in [-0.39, 0.29) is 5.91 Å². The van der Waals surface area contributed by atoms with Gasteiger partial charge in [0.15, 0.2) is 0 Å². The van der Waals surface area contributed by atoms with E-state index in [9.17, 15) is 13.2 Å². The highest BCUT2D eigenvalue weighted by atomic mass is 32.2. The zero-order valence-corrected chi connectivity index (χ0v) is 19.3. The molecule has 1 atom stereocenters. The molecule has 0 radical (unpaired) electrons. The van der Waals surface area contributed by atoms with Crippen LogP contribution in [0.15, 0.2) is 41.8 Å². The minimum absolute atomic E-state index is 0.311. The summed E-state index contributed by atoms with van der Waals surface area (Å²) in [7, 11) is -3.75. The molecule has 164 valence electrons. The molecule has 0 saturated carbocycles. The van der Waals surface area contributed by atoms with Crippen molar-refractivity contribution < 1.29 is 13.2 Å². The second-order valence-corrected chi connectivity index (χ2v) is 9.59. The second kappa shape index (κ2) is 11.9. The first-order valence-electron chi connectivity index (χ1n) is 9.84. The number of aryl methyl sites for hydroxylation is 3. The van der Waals surface area contributed by atoms with Crippen molar-refractivity contribution in [1.82, 2.24) is 19.8 Å². The zero-order valence-electron chi connectivity index (χ0n) is 17.7. The summed E-state index contributed by atoms with van der Waals surface area (Å²) in [5.74, 6) is 0.364. The number of hydrogen-bond acceptors (Lipinski definition) is 5. The van der Waals surface area contributed by atoms with Crippen LogP contribution >= 0.6 is 11.8 Å². The van der Waals surface area contributed by atoms with Crippen molar-refractivity contribution in [1.29, 1.82) is 0 Å². The Labute approximate surface area is 183 Å². The lowest BCUT2D eigenvalue weighted by Gasteiger charge is -2.17. The Morgan fingerprint density at radius 3 is 2.63 bits per heavy atom. The van der Waals surface area contributed by atoms with Crippen molar-refractivity contribution >= 4 is 33.8 Å². The fraction of sp³-hybridized carbons (Fsp3) is 0.429. The molecular formula is C21H30N4O3S2. The molecule has 0 bridgehead atoms. The zero-order chi connectivity index (χ0) is 22.0. The maximum Gasteiger partial charge on any atom is 0.238 e. The summed E-state index contributed by atoms with van der Waals surface area (Å²) in [6.07, 6.45) is 4.57. The van der Waals surface area contributed by atoms with E-state index in [1.54, 1.807) is 11.8 Å². The second-order valence-electron chi connectivity index (χ2n) is 7.01.